The number of nitrogens with two attached hydrogens (primary N) is 1. The highest BCUT2D eigenvalue weighted by Gasteiger charge is 2.42. The Morgan fingerprint density at radius 1 is 1.10 bits per heavy atom. The van der Waals surface area contributed by atoms with Crippen LogP contribution in [-0.2, 0) is 4.79 Å². The molecule has 2 aliphatic heterocycles. The number of allylic oxidation sites excluding steroid dienone is 2. The van der Waals surface area contributed by atoms with Gasteiger partial charge in [0.1, 0.15) is 11.6 Å². The summed E-state index contributed by atoms with van der Waals surface area (Å²) in [6.45, 7) is 8.32. The first-order chi connectivity index (χ1) is 14.8. The van der Waals surface area contributed by atoms with Crippen LogP contribution >= 0.6 is 0 Å². The van der Waals surface area contributed by atoms with Gasteiger partial charge in [0.15, 0.2) is 5.78 Å². The number of nitrogens with zero attached hydrogens (tertiary/aromatic N) is 3. The first kappa shape index (κ1) is 20.0. The molecule has 1 unspecified atom stereocenters. The third kappa shape index (κ3) is 3.48. The molecule has 1 atom stereocenters. The van der Waals surface area contributed by atoms with Crippen molar-refractivity contribution in [2.24, 2.45) is 5.41 Å². The number of aryl methyl sites for hydroxylation is 1. The lowest BCUT2D eigenvalue weighted by Crippen LogP contribution is -2.36. The average Bonchev–Trinajstić information content (AvgIpc) is 2.72. The Morgan fingerprint density at radius 2 is 1.84 bits per heavy atom. The van der Waals surface area contributed by atoms with E-state index >= 15 is 0 Å². The third-order valence-electron chi connectivity index (χ3n) is 6.87. The van der Waals surface area contributed by atoms with Gasteiger partial charge in [-0.1, -0.05) is 38.1 Å². The molecule has 1 aliphatic carbocycles. The fourth-order valence-electron chi connectivity index (χ4n) is 5.38. The number of nitrogen functional groups attached to an aromatic ring is 1. The summed E-state index contributed by atoms with van der Waals surface area (Å²) in [5.41, 5.74) is 11.4. The second kappa shape index (κ2) is 7.36. The lowest BCUT2D eigenvalue weighted by molar-refractivity contribution is -0.118. The molecule has 0 bridgehead atoms. The van der Waals surface area contributed by atoms with Crippen LogP contribution in [0.1, 0.15) is 68.6 Å². The highest BCUT2D eigenvalue weighted by Crippen LogP contribution is 2.50. The number of piperidine rings is 1. The van der Waals surface area contributed by atoms with E-state index in [9.17, 15) is 4.79 Å². The van der Waals surface area contributed by atoms with Crippen LogP contribution in [-0.4, -0.2) is 28.8 Å². The maximum Gasteiger partial charge on any atom is 0.229 e. The fraction of sp³-hybridized carbons (Fsp3) is 0.480. The SMILES string of the molecule is Cc1ccccc1C1C2=C(CC(C)(C)CC2=O)Nc2nc(N3CCCCC3)nc(N)c21. The van der Waals surface area contributed by atoms with E-state index in [0.29, 0.717) is 18.2 Å². The molecule has 31 heavy (non-hydrogen) atoms. The molecule has 2 aromatic rings. The number of benzene rings is 1. The summed E-state index contributed by atoms with van der Waals surface area (Å²) in [6, 6.07) is 8.25. The highest BCUT2D eigenvalue weighted by atomic mass is 16.1. The first-order valence-electron chi connectivity index (χ1n) is 11.4. The summed E-state index contributed by atoms with van der Waals surface area (Å²) >= 11 is 0. The molecule has 0 saturated carbocycles. The Morgan fingerprint density at radius 3 is 2.58 bits per heavy atom. The maximum absolute atomic E-state index is 13.4. The highest BCUT2D eigenvalue weighted by molar-refractivity contribution is 6.02. The lowest BCUT2D eigenvalue weighted by atomic mass is 9.68. The van der Waals surface area contributed by atoms with Crippen molar-refractivity contribution >= 4 is 23.4 Å². The topological polar surface area (TPSA) is 84.1 Å². The molecular formula is C25H31N5O. The minimum Gasteiger partial charge on any atom is -0.383 e. The molecule has 162 valence electrons. The molecule has 3 heterocycles. The smallest absolute Gasteiger partial charge is 0.229 e. The van der Waals surface area contributed by atoms with Crippen molar-refractivity contribution in [3.8, 4) is 0 Å². The number of fused-ring (bicyclic) bond motifs is 1. The Labute approximate surface area is 184 Å². The molecule has 0 spiro atoms. The molecule has 1 aromatic heterocycles. The number of hydrogen-bond donors (Lipinski definition) is 2. The summed E-state index contributed by atoms with van der Waals surface area (Å²) in [4.78, 5) is 25.3. The van der Waals surface area contributed by atoms with E-state index < -0.39 is 0 Å². The van der Waals surface area contributed by atoms with Gasteiger partial charge < -0.3 is 16.0 Å². The van der Waals surface area contributed by atoms with Gasteiger partial charge in [-0.25, -0.2) is 0 Å². The summed E-state index contributed by atoms with van der Waals surface area (Å²) in [6.07, 6.45) is 4.91. The summed E-state index contributed by atoms with van der Waals surface area (Å²) in [5.74, 6) is 1.88. The average molecular weight is 418 g/mol. The molecule has 6 heteroatoms. The van der Waals surface area contributed by atoms with Crippen molar-refractivity contribution in [3.05, 3.63) is 52.2 Å². The van der Waals surface area contributed by atoms with Gasteiger partial charge in [0, 0.05) is 42.3 Å². The number of carbonyl (C=O) groups is 1. The number of Topliss-reactive ketones (excluding diaryl/α,β-unsaturated/α-hetero) is 1. The van der Waals surface area contributed by atoms with Crippen LogP contribution in [0.4, 0.5) is 17.6 Å². The van der Waals surface area contributed by atoms with Crippen molar-refractivity contribution in [3.63, 3.8) is 0 Å². The number of ketones is 1. The van der Waals surface area contributed by atoms with Crippen LogP contribution in [0, 0.1) is 12.3 Å². The van der Waals surface area contributed by atoms with Crippen LogP contribution in [0.15, 0.2) is 35.5 Å². The van der Waals surface area contributed by atoms with Gasteiger partial charge in [-0.2, -0.15) is 9.97 Å². The molecule has 1 fully saturated rings. The van der Waals surface area contributed by atoms with E-state index in [1.54, 1.807) is 0 Å². The van der Waals surface area contributed by atoms with E-state index in [1.165, 1.54) is 6.42 Å². The number of aromatic nitrogens is 2. The van der Waals surface area contributed by atoms with Crippen molar-refractivity contribution in [2.45, 2.75) is 58.8 Å². The summed E-state index contributed by atoms with van der Waals surface area (Å²) < 4.78 is 0. The molecule has 3 N–H and O–H groups in total. The minimum atomic E-state index is -0.230. The standard InChI is InChI=1S/C25H31N5O/c1-15-9-5-6-10-16(15)19-20-17(13-25(2,3)14-18(20)31)27-23-21(19)22(26)28-24(29-23)30-11-7-4-8-12-30/h5-6,9-10,19H,4,7-8,11-14H2,1-3H3,(H3,26,27,28,29). The normalized spacial score (nSPS) is 22.6. The molecule has 1 saturated heterocycles. The van der Waals surface area contributed by atoms with Gasteiger partial charge in [-0.05, 0) is 49.1 Å². The van der Waals surface area contributed by atoms with Crippen molar-refractivity contribution in [1.29, 1.82) is 0 Å². The van der Waals surface area contributed by atoms with Gasteiger partial charge in [0.25, 0.3) is 0 Å². The van der Waals surface area contributed by atoms with Gasteiger partial charge in [-0.3, -0.25) is 4.79 Å². The van der Waals surface area contributed by atoms with Crippen LogP contribution in [0.3, 0.4) is 0 Å². The Hall–Kier alpha value is -2.89. The zero-order valence-electron chi connectivity index (χ0n) is 18.7. The predicted octanol–water partition coefficient (Wildman–Crippen LogP) is 4.56. The van der Waals surface area contributed by atoms with Gasteiger partial charge >= 0.3 is 0 Å². The van der Waals surface area contributed by atoms with E-state index in [0.717, 1.165) is 66.1 Å². The molecule has 1 aromatic carbocycles. The minimum absolute atomic E-state index is 0.0784. The van der Waals surface area contributed by atoms with Crippen LogP contribution in [0.25, 0.3) is 0 Å². The second-order valence-electron chi connectivity index (χ2n) is 9.97. The number of hydrogen-bond acceptors (Lipinski definition) is 6. The number of nitrogens with one attached hydrogen (secondary N) is 1. The molecule has 0 radical (unpaired) electrons. The van der Waals surface area contributed by atoms with E-state index in [-0.39, 0.29) is 17.1 Å². The van der Waals surface area contributed by atoms with Gasteiger partial charge in [0.2, 0.25) is 5.95 Å². The van der Waals surface area contributed by atoms with Crippen LogP contribution in [0.2, 0.25) is 0 Å². The van der Waals surface area contributed by atoms with E-state index in [1.807, 2.05) is 12.1 Å². The zero-order chi connectivity index (χ0) is 21.8. The van der Waals surface area contributed by atoms with E-state index in [4.69, 9.17) is 15.7 Å². The van der Waals surface area contributed by atoms with Crippen LogP contribution in [0.5, 0.6) is 0 Å². The fourth-order valence-corrected chi connectivity index (χ4v) is 5.38. The zero-order valence-corrected chi connectivity index (χ0v) is 18.7. The summed E-state index contributed by atoms with van der Waals surface area (Å²) in [7, 11) is 0. The maximum atomic E-state index is 13.4. The van der Waals surface area contributed by atoms with E-state index in [2.05, 4.69) is 43.1 Å². The lowest BCUT2D eigenvalue weighted by Gasteiger charge is -2.40. The largest absolute Gasteiger partial charge is 0.383 e. The molecule has 0 amide bonds. The first-order valence-corrected chi connectivity index (χ1v) is 11.4. The number of carbonyl (C=O) groups excluding carboxylic acids is 1. The Bertz CT molecular complexity index is 1080. The quantitative estimate of drug-likeness (QED) is 0.745. The third-order valence-corrected chi connectivity index (χ3v) is 6.87. The molecule has 6 nitrogen and oxygen atoms in total. The molecule has 3 aliphatic rings. The second-order valence-corrected chi connectivity index (χ2v) is 9.97. The summed E-state index contributed by atoms with van der Waals surface area (Å²) in [5, 5.41) is 3.53. The number of anilines is 3. The molecule has 5 rings (SSSR count). The Kier molecular flexibility index (Phi) is 4.76. The predicted molar refractivity (Wildman–Crippen MR) is 124 cm³/mol. The Balaban J connectivity index is 1.69. The molecular weight excluding hydrogens is 386 g/mol. The van der Waals surface area contributed by atoms with Gasteiger partial charge in [-0.15, -0.1) is 0 Å². The van der Waals surface area contributed by atoms with Crippen molar-refractivity contribution in [1.82, 2.24) is 9.97 Å². The van der Waals surface area contributed by atoms with Crippen molar-refractivity contribution < 1.29 is 4.79 Å². The van der Waals surface area contributed by atoms with Gasteiger partial charge in [0.05, 0.1) is 0 Å². The number of rotatable bonds is 2. The van der Waals surface area contributed by atoms with Crippen LogP contribution < -0.4 is 16.0 Å². The monoisotopic (exact) mass is 417 g/mol. The van der Waals surface area contributed by atoms with Crippen molar-refractivity contribution in [2.75, 3.05) is 29.0 Å².